The molecule has 0 atom stereocenters. The van der Waals surface area contributed by atoms with E-state index in [1.807, 2.05) is 43.5 Å². The largest absolute Gasteiger partial charge is 0.318 e. The lowest BCUT2D eigenvalue weighted by atomic mass is 10.1. The zero-order valence-corrected chi connectivity index (χ0v) is 21.0. The van der Waals surface area contributed by atoms with Crippen molar-refractivity contribution in [2.24, 2.45) is 5.14 Å². The first-order chi connectivity index (χ1) is 16.5. The number of benzene rings is 2. The minimum Gasteiger partial charge on any atom is -0.318 e. The zero-order chi connectivity index (χ0) is 25.5. The Morgan fingerprint density at radius 2 is 1.60 bits per heavy atom. The summed E-state index contributed by atoms with van der Waals surface area (Å²) in [5, 5.41) is 7.83. The highest BCUT2D eigenvalue weighted by atomic mass is 32.2. The molecule has 2 amide bonds. The van der Waals surface area contributed by atoms with Gasteiger partial charge in [-0.3, -0.25) is 19.8 Å². The lowest BCUT2D eigenvalue weighted by Gasteiger charge is -2.29. The third-order valence-electron chi connectivity index (χ3n) is 5.90. The summed E-state index contributed by atoms with van der Waals surface area (Å²) in [6.07, 6.45) is 2.41. The molecule has 35 heavy (non-hydrogen) atoms. The van der Waals surface area contributed by atoms with Crippen LogP contribution in [0.25, 0.3) is 11.8 Å². The number of thiocarbonyl (C=S) groups is 1. The number of nitrogens with zero attached hydrogens (tertiary/aromatic N) is 2. The molecule has 1 fully saturated rings. The van der Waals surface area contributed by atoms with Gasteiger partial charge in [0.1, 0.15) is 5.57 Å². The number of aryl methyl sites for hydroxylation is 2. The van der Waals surface area contributed by atoms with Gasteiger partial charge < -0.3 is 4.57 Å². The first-order valence-corrected chi connectivity index (χ1v) is 12.8. The number of nitrogens with one attached hydrogen (secondary N) is 1. The second-order valence-electron chi connectivity index (χ2n) is 8.18. The van der Waals surface area contributed by atoms with E-state index < -0.39 is 21.8 Å². The molecule has 10 heteroatoms. The third kappa shape index (κ3) is 4.68. The van der Waals surface area contributed by atoms with Crippen LogP contribution < -0.4 is 15.4 Å². The smallest absolute Gasteiger partial charge is 0.270 e. The number of amides is 2. The first kappa shape index (κ1) is 24.5. The van der Waals surface area contributed by atoms with Crippen LogP contribution in [0.2, 0.25) is 0 Å². The number of hydrogen-bond donors (Lipinski definition) is 2. The van der Waals surface area contributed by atoms with Crippen LogP contribution in [-0.2, 0) is 26.0 Å². The van der Waals surface area contributed by atoms with Gasteiger partial charge in [-0.25, -0.2) is 13.6 Å². The predicted octanol–water partition coefficient (Wildman–Crippen LogP) is 3.14. The highest BCUT2D eigenvalue weighted by molar-refractivity contribution is 7.89. The van der Waals surface area contributed by atoms with Crippen LogP contribution >= 0.6 is 12.2 Å². The quantitative estimate of drug-likeness (QED) is 0.312. The molecule has 1 aliphatic heterocycles. The molecule has 1 saturated heterocycles. The average molecular weight is 509 g/mol. The van der Waals surface area contributed by atoms with Crippen LogP contribution in [0.15, 0.2) is 65.1 Å². The van der Waals surface area contributed by atoms with Crippen LogP contribution in [0.1, 0.15) is 29.4 Å². The first-order valence-electron chi connectivity index (χ1n) is 10.8. The molecule has 0 spiro atoms. The van der Waals surface area contributed by atoms with Gasteiger partial charge in [0.15, 0.2) is 5.11 Å². The lowest BCUT2D eigenvalue weighted by Crippen LogP contribution is -2.54. The Bertz CT molecular complexity index is 1490. The molecular weight excluding hydrogens is 484 g/mol. The Hall–Kier alpha value is -3.60. The highest BCUT2D eigenvalue weighted by Crippen LogP contribution is 2.27. The molecule has 8 nitrogen and oxygen atoms in total. The number of hydrogen-bond acceptors (Lipinski definition) is 5. The minimum atomic E-state index is -3.80. The van der Waals surface area contributed by atoms with E-state index in [1.54, 1.807) is 30.3 Å². The van der Waals surface area contributed by atoms with Gasteiger partial charge in [0.25, 0.3) is 11.8 Å². The van der Waals surface area contributed by atoms with Gasteiger partial charge in [-0.2, -0.15) is 0 Å². The average Bonchev–Trinajstić information content (AvgIpc) is 3.09. The van der Waals surface area contributed by atoms with Gasteiger partial charge >= 0.3 is 0 Å². The number of primary sulfonamides is 1. The molecule has 1 aromatic heterocycles. The Morgan fingerprint density at radius 1 is 1.00 bits per heavy atom. The van der Waals surface area contributed by atoms with E-state index in [9.17, 15) is 18.0 Å². The molecule has 180 valence electrons. The van der Waals surface area contributed by atoms with E-state index in [4.69, 9.17) is 17.4 Å². The maximum atomic E-state index is 13.3. The molecule has 0 bridgehead atoms. The van der Waals surface area contributed by atoms with Crippen LogP contribution in [0.4, 0.5) is 5.69 Å². The van der Waals surface area contributed by atoms with Gasteiger partial charge in [0.05, 0.1) is 10.6 Å². The fraction of sp³-hybridized carbons (Fsp3) is 0.160. The summed E-state index contributed by atoms with van der Waals surface area (Å²) in [7, 11) is -3.80. The Kier molecular flexibility index (Phi) is 6.46. The molecule has 2 heterocycles. The van der Waals surface area contributed by atoms with Crippen molar-refractivity contribution in [1.29, 1.82) is 0 Å². The standard InChI is InChI=1S/C25H24N4O4S2/c1-4-17-5-7-20(8-6-17)29-24(31)22(23(30)27-25(29)34)14-18-13-15(2)28(16(18)3)19-9-11-21(12-10-19)35(26,32)33/h5-14H,4H2,1-3H3,(H2,26,32,33)(H,27,30,34)/b22-14+. The van der Waals surface area contributed by atoms with Crippen molar-refractivity contribution in [3.63, 3.8) is 0 Å². The van der Waals surface area contributed by atoms with Crippen LogP contribution in [0.5, 0.6) is 0 Å². The molecule has 4 rings (SSSR count). The summed E-state index contributed by atoms with van der Waals surface area (Å²) in [5.41, 5.74) is 4.65. The predicted molar refractivity (Wildman–Crippen MR) is 139 cm³/mol. The second kappa shape index (κ2) is 9.21. The molecule has 3 N–H and O–H groups in total. The minimum absolute atomic E-state index is 0.0126. The molecule has 0 unspecified atom stereocenters. The van der Waals surface area contributed by atoms with E-state index in [0.717, 1.165) is 29.1 Å². The number of sulfonamides is 1. The molecule has 1 aliphatic rings. The molecule has 3 aromatic rings. The normalized spacial score (nSPS) is 15.6. The molecule has 0 radical (unpaired) electrons. The number of nitrogens with two attached hydrogens (primary N) is 1. The zero-order valence-electron chi connectivity index (χ0n) is 19.4. The SMILES string of the molecule is CCc1ccc(N2C(=O)/C(=C/c3cc(C)n(-c4ccc(S(N)(=O)=O)cc4)c3C)C(=O)NC2=S)cc1. The summed E-state index contributed by atoms with van der Waals surface area (Å²) < 4.78 is 25.0. The van der Waals surface area contributed by atoms with Crippen LogP contribution in [0.3, 0.4) is 0 Å². The van der Waals surface area contributed by atoms with E-state index in [0.29, 0.717) is 11.3 Å². The summed E-state index contributed by atoms with van der Waals surface area (Å²) >= 11 is 5.28. The maximum Gasteiger partial charge on any atom is 0.270 e. The van der Waals surface area contributed by atoms with E-state index in [2.05, 4.69) is 5.32 Å². The number of rotatable bonds is 5. The third-order valence-corrected chi connectivity index (χ3v) is 7.11. The fourth-order valence-electron chi connectivity index (χ4n) is 4.04. The lowest BCUT2D eigenvalue weighted by molar-refractivity contribution is -0.122. The summed E-state index contributed by atoms with van der Waals surface area (Å²) in [6.45, 7) is 5.77. The van der Waals surface area contributed by atoms with Crippen molar-refractivity contribution >= 4 is 50.9 Å². The van der Waals surface area contributed by atoms with Crippen molar-refractivity contribution in [2.75, 3.05) is 4.90 Å². The molecule has 0 aliphatic carbocycles. The van der Waals surface area contributed by atoms with Crippen LogP contribution in [0, 0.1) is 13.8 Å². The molecule has 2 aromatic carbocycles. The van der Waals surface area contributed by atoms with Crippen molar-refractivity contribution in [1.82, 2.24) is 9.88 Å². The fourth-order valence-corrected chi connectivity index (χ4v) is 4.84. The van der Waals surface area contributed by atoms with Gasteiger partial charge in [-0.15, -0.1) is 0 Å². The van der Waals surface area contributed by atoms with Crippen molar-refractivity contribution in [3.8, 4) is 5.69 Å². The van der Waals surface area contributed by atoms with Crippen LogP contribution in [-0.4, -0.2) is 29.9 Å². The molecular formula is C25H24N4O4S2. The van der Waals surface area contributed by atoms with Crippen molar-refractivity contribution in [3.05, 3.63) is 82.7 Å². The number of carbonyl (C=O) groups is 2. The maximum absolute atomic E-state index is 13.3. The summed E-state index contributed by atoms with van der Waals surface area (Å²) in [6, 6.07) is 15.4. The van der Waals surface area contributed by atoms with E-state index in [1.165, 1.54) is 17.0 Å². The number of anilines is 1. The molecule has 0 saturated carbocycles. The summed E-state index contributed by atoms with van der Waals surface area (Å²) in [4.78, 5) is 27.4. The van der Waals surface area contributed by atoms with E-state index >= 15 is 0 Å². The Morgan fingerprint density at radius 3 is 2.17 bits per heavy atom. The van der Waals surface area contributed by atoms with Gasteiger partial charge in [-0.1, -0.05) is 19.1 Å². The van der Waals surface area contributed by atoms with Gasteiger partial charge in [0, 0.05) is 17.1 Å². The van der Waals surface area contributed by atoms with Crippen molar-refractivity contribution in [2.45, 2.75) is 32.1 Å². The number of aromatic nitrogens is 1. The highest BCUT2D eigenvalue weighted by Gasteiger charge is 2.34. The van der Waals surface area contributed by atoms with Gasteiger partial charge in [-0.05, 0) is 92.2 Å². The number of carbonyl (C=O) groups excluding carboxylic acids is 2. The Labute approximate surface area is 209 Å². The van der Waals surface area contributed by atoms with Crippen molar-refractivity contribution < 1.29 is 18.0 Å². The van der Waals surface area contributed by atoms with Gasteiger partial charge in [0.2, 0.25) is 10.0 Å². The monoisotopic (exact) mass is 508 g/mol. The Balaban J connectivity index is 1.72. The topological polar surface area (TPSA) is 114 Å². The summed E-state index contributed by atoms with van der Waals surface area (Å²) in [5.74, 6) is -1.07. The van der Waals surface area contributed by atoms with E-state index in [-0.39, 0.29) is 15.6 Å². The second-order valence-corrected chi connectivity index (χ2v) is 10.1.